The van der Waals surface area contributed by atoms with Crippen molar-refractivity contribution in [2.45, 2.75) is 12.5 Å². The lowest BCUT2D eigenvalue weighted by Crippen LogP contribution is -2.51. The number of halogens is 2. The van der Waals surface area contributed by atoms with Crippen molar-refractivity contribution in [2.75, 3.05) is 19.6 Å². The molecule has 0 aromatic rings. The Labute approximate surface area is 63.9 Å². The molecule has 2 aliphatic heterocycles. The van der Waals surface area contributed by atoms with Gasteiger partial charge in [-0.1, -0.05) is 6.08 Å². The van der Waals surface area contributed by atoms with Gasteiger partial charge in [-0.2, -0.15) is 8.78 Å². The summed E-state index contributed by atoms with van der Waals surface area (Å²) in [6.07, 6.45) is 2.37. The quantitative estimate of drug-likeness (QED) is 0.526. The summed E-state index contributed by atoms with van der Waals surface area (Å²) in [4.78, 5) is 1.75. The first-order chi connectivity index (χ1) is 5.20. The molecular formula is C7H10F2N2. The van der Waals surface area contributed by atoms with Gasteiger partial charge in [-0.05, 0) is 6.42 Å². The summed E-state index contributed by atoms with van der Waals surface area (Å²) < 4.78 is 25.9. The van der Waals surface area contributed by atoms with Crippen LogP contribution in [0.5, 0.6) is 0 Å². The zero-order valence-corrected chi connectivity index (χ0v) is 6.11. The molecule has 0 aliphatic carbocycles. The monoisotopic (exact) mass is 160 g/mol. The number of fused-ring (bicyclic) bond motifs is 1. The van der Waals surface area contributed by atoms with E-state index in [1.165, 1.54) is 0 Å². The Hall–Kier alpha value is -0.640. The summed E-state index contributed by atoms with van der Waals surface area (Å²) in [5.41, 5.74) is 0.170. The summed E-state index contributed by atoms with van der Waals surface area (Å²) >= 11 is 0. The van der Waals surface area contributed by atoms with E-state index in [1.54, 1.807) is 11.0 Å². The predicted molar refractivity (Wildman–Crippen MR) is 37.2 cm³/mol. The highest BCUT2D eigenvalue weighted by atomic mass is 19.3. The molecule has 0 aromatic carbocycles. The van der Waals surface area contributed by atoms with E-state index in [9.17, 15) is 8.78 Å². The maximum Gasteiger partial charge on any atom is 0.343 e. The van der Waals surface area contributed by atoms with Crippen LogP contribution in [0.1, 0.15) is 6.42 Å². The van der Waals surface area contributed by atoms with Gasteiger partial charge in [0.05, 0.1) is 5.70 Å². The molecule has 1 saturated heterocycles. The van der Waals surface area contributed by atoms with Crippen LogP contribution in [0.2, 0.25) is 0 Å². The van der Waals surface area contributed by atoms with Gasteiger partial charge in [-0.15, -0.1) is 0 Å². The molecule has 2 rings (SSSR count). The zero-order chi connectivity index (χ0) is 7.90. The van der Waals surface area contributed by atoms with Gasteiger partial charge < -0.3 is 4.90 Å². The molecule has 2 nitrogen and oxygen atoms in total. The average Bonchev–Trinajstić information content (AvgIpc) is 2.34. The lowest BCUT2D eigenvalue weighted by molar-refractivity contribution is -0.0377. The van der Waals surface area contributed by atoms with E-state index in [2.05, 4.69) is 5.32 Å². The largest absolute Gasteiger partial charge is 0.367 e. The fourth-order valence-corrected chi connectivity index (χ4v) is 1.60. The van der Waals surface area contributed by atoms with Gasteiger partial charge in [0, 0.05) is 19.6 Å². The molecule has 0 bridgehead atoms. The van der Waals surface area contributed by atoms with Crippen molar-refractivity contribution in [2.24, 2.45) is 0 Å². The van der Waals surface area contributed by atoms with Crippen LogP contribution >= 0.6 is 0 Å². The third-order valence-electron chi connectivity index (χ3n) is 2.13. The molecule has 0 atom stereocenters. The summed E-state index contributed by atoms with van der Waals surface area (Å²) in [6.45, 7) is 1.85. The van der Waals surface area contributed by atoms with E-state index in [4.69, 9.17) is 0 Å². The molecule has 1 fully saturated rings. The van der Waals surface area contributed by atoms with Crippen LogP contribution in [0.15, 0.2) is 11.8 Å². The lowest BCUT2D eigenvalue weighted by atomic mass is 10.3. The first kappa shape index (κ1) is 7.03. The summed E-state index contributed by atoms with van der Waals surface area (Å²) in [6, 6.07) is -2.78. The Balaban J connectivity index is 2.24. The molecule has 1 N–H and O–H groups in total. The molecule has 2 aliphatic rings. The SMILES string of the molecule is FC1(F)NCCN2CCC=C21. The summed E-state index contributed by atoms with van der Waals surface area (Å²) in [5, 5.41) is 2.19. The molecular weight excluding hydrogens is 150 g/mol. The summed E-state index contributed by atoms with van der Waals surface area (Å²) in [7, 11) is 0. The second-order valence-electron chi connectivity index (χ2n) is 2.87. The van der Waals surface area contributed by atoms with E-state index in [0.717, 1.165) is 13.0 Å². The highest BCUT2D eigenvalue weighted by Gasteiger charge is 2.41. The number of hydrogen-bond acceptors (Lipinski definition) is 2. The van der Waals surface area contributed by atoms with Crippen molar-refractivity contribution in [1.29, 1.82) is 0 Å². The normalized spacial score (nSPS) is 28.2. The van der Waals surface area contributed by atoms with Gasteiger partial charge in [0.25, 0.3) is 0 Å². The molecule has 4 heteroatoms. The van der Waals surface area contributed by atoms with E-state index in [-0.39, 0.29) is 5.70 Å². The number of piperazine rings is 1. The van der Waals surface area contributed by atoms with Crippen molar-refractivity contribution in [3.05, 3.63) is 11.8 Å². The Kier molecular flexibility index (Phi) is 1.39. The van der Waals surface area contributed by atoms with Gasteiger partial charge in [-0.25, -0.2) is 0 Å². The number of nitrogens with one attached hydrogen (secondary N) is 1. The molecule has 0 spiro atoms. The minimum Gasteiger partial charge on any atom is -0.367 e. The van der Waals surface area contributed by atoms with E-state index < -0.39 is 6.05 Å². The standard InChI is InChI=1S/C7H10F2N2/c8-7(9)6-2-1-4-11(6)5-3-10-7/h2,10H,1,3-5H2. The van der Waals surface area contributed by atoms with Crippen LogP contribution in [0, 0.1) is 0 Å². The third-order valence-corrected chi connectivity index (χ3v) is 2.13. The van der Waals surface area contributed by atoms with Crippen molar-refractivity contribution in [3.8, 4) is 0 Å². The molecule has 11 heavy (non-hydrogen) atoms. The Bertz CT molecular complexity index is 201. The molecule has 0 radical (unpaired) electrons. The number of rotatable bonds is 0. The number of alkyl halides is 2. The van der Waals surface area contributed by atoms with E-state index in [1.807, 2.05) is 0 Å². The van der Waals surface area contributed by atoms with Gasteiger partial charge in [-0.3, -0.25) is 5.32 Å². The molecule has 0 saturated carbocycles. The second kappa shape index (κ2) is 2.17. The summed E-state index contributed by atoms with van der Waals surface area (Å²) in [5.74, 6) is 0. The van der Waals surface area contributed by atoms with E-state index in [0.29, 0.717) is 13.1 Å². The van der Waals surface area contributed by atoms with Crippen LogP contribution in [0.3, 0.4) is 0 Å². The number of hydrogen-bond donors (Lipinski definition) is 1. The molecule has 0 aromatic heterocycles. The second-order valence-corrected chi connectivity index (χ2v) is 2.87. The topological polar surface area (TPSA) is 15.3 Å². The molecule has 2 heterocycles. The lowest BCUT2D eigenvalue weighted by Gasteiger charge is -2.33. The molecule has 0 amide bonds. The Morgan fingerprint density at radius 3 is 3.00 bits per heavy atom. The predicted octanol–water partition coefficient (Wildman–Crippen LogP) is 0.772. The highest BCUT2D eigenvalue weighted by molar-refractivity contribution is 5.17. The fourth-order valence-electron chi connectivity index (χ4n) is 1.60. The van der Waals surface area contributed by atoms with Crippen molar-refractivity contribution in [3.63, 3.8) is 0 Å². The minimum atomic E-state index is -2.78. The van der Waals surface area contributed by atoms with Gasteiger partial charge >= 0.3 is 6.05 Å². The first-order valence-electron chi connectivity index (χ1n) is 3.78. The minimum absolute atomic E-state index is 0.170. The van der Waals surface area contributed by atoms with Crippen LogP contribution in [-0.2, 0) is 0 Å². The fraction of sp³-hybridized carbons (Fsp3) is 0.714. The zero-order valence-electron chi connectivity index (χ0n) is 6.11. The third kappa shape index (κ3) is 1.01. The maximum absolute atomic E-state index is 12.9. The van der Waals surface area contributed by atoms with Crippen LogP contribution in [0.25, 0.3) is 0 Å². The van der Waals surface area contributed by atoms with Crippen LogP contribution in [0.4, 0.5) is 8.78 Å². The maximum atomic E-state index is 12.9. The van der Waals surface area contributed by atoms with Crippen LogP contribution in [-0.4, -0.2) is 30.6 Å². The van der Waals surface area contributed by atoms with Crippen LogP contribution < -0.4 is 5.32 Å². The van der Waals surface area contributed by atoms with Gasteiger partial charge in [0.1, 0.15) is 0 Å². The molecule has 62 valence electrons. The average molecular weight is 160 g/mol. The Morgan fingerprint density at radius 2 is 2.27 bits per heavy atom. The van der Waals surface area contributed by atoms with Gasteiger partial charge in [0.15, 0.2) is 0 Å². The smallest absolute Gasteiger partial charge is 0.343 e. The van der Waals surface area contributed by atoms with E-state index >= 15 is 0 Å². The number of nitrogens with zero attached hydrogens (tertiary/aromatic N) is 1. The van der Waals surface area contributed by atoms with Crippen molar-refractivity contribution < 1.29 is 8.78 Å². The van der Waals surface area contributed by atoms with Crippen molar-refractivity contribution in [1.82, 2.24) is 10.2 Å². The van der Waals surface area contributed by atoms with Crippen molar-refractivity contribution >= 4 is 0 Å². The van der Waals surface area contributed by atoms with Gasteiger partial charge in [0.2, 0.25) is 0 Å². The highest BCUT2D eigenvalue weighted by Crippen LogP contribution is 2.30. The first-order valence-corrected chi connectivity index (χ1v) is 3.78. The molecule has 0 unspecified atom stereocenters. The Morgan fingerprint density at radius 1 is 1.45 bits per heavy atom.